The molecule has 1 fully saturated rings. The standard InChI is InChI=1S/C20H24ClF3N6O/c1-11-27-18(25-2)30-19(28-11)29-15-5-3-4-12(8-15)17(31)26-10-13-6-7-14(21)9-16(13)20(22,23)24/h6-7,9,12,15H,3-5,8,10H2,1-2H3,(H,26,31)(H2,25,27,28,29,30). The summed E-state index contributed by atoms with van der Waals surface area (Å²) in [5.41, 5.74) is -0.856. The van der Waals surface area contributed by atoms with Crippen LogP contribution in [0.3, 0.4) is 0 Å². The number of carbonyl (C=O) groups is 1. The number of aryl methyl sites for hydroxylation is 1. The lowest BCUT2D eigenvalue weighted by Crippen LogP contribution is -2.37. The second kappa shape index (κ2) is 9.67. The van der Waals surface area contributed by atoms with Gasteiger partial charge in [0.2, 0.25) is 17.8 Å². The van der Waals surface area contributed by atoms with Gasteiger partial charge in [0.1, 0.15) is 5.82 Å². The van der Waals surface area contributed by atoms with Gasteiger partial charge in [-0.1, -0.05) is 24.1 Å². The van der Waals surface area contributed by atoms with E-state index in [0.717, 1.165) is 18.9 Å². The van der Waals surface area contributed by atoms with Gasteiger partial charge in [0.15, 0.2) is 0 Å². The minimum Gasteiger partial charge on any atom is -0.357 e. The largest absolute Gasteiger partial charge is 0.416 e. The zero-order chi connectivity index (χ0) is 22.6. The van der Waals surface area contributed by atoms with Crippen molar-refractivity contribution in [1.82, 2.24) is 20.3 Å². The van der Waals surface area contributed by atoms with E-state index in [1.165, 1.54) is 12.1 Å². The average molecular weight is 457 g/mol. The Hall–Kier alpha value is -2.62. The highest BCUT2D eigenvalue weighted by Crippen LogP contribution is 2.34. The second-order valence-corrected chi connectivity index (χ2v) is 7.94. The Bertz CT molecular complexity index is 940. The van der Waals surface area contributed by atoms with Crippen LogP contribution in [0, 0.1) is 12.8 Å². The minimum atomic E-state index is -4.54. The number of benzene rings is 1. The van der Waals surface area contributed by atoms with Crippen LogP contribution in [0.1, 0.15) is 42.6 Å². The Morgan fingerprint density at radius 1 is 1.19 bits per heavy atom. The summed E-state index contributed by atoms with van der Waals surface area (Å²) in [7, 11) is 1.71. The number of alkyl halides is 3. The van der Waals surface area contributed by atoms with Gasteiger partial charge in [0.05, 0.1) is 5.56 Å². The van der Waals surface area contributed by atoms with Gasteiger partial charge >= 0.3 is 6.18 Å². The molecule has 1 aliphatic rings. The topological polar surface area (TPSA) is 91.8 Å². The fourth-order valence-corrected chi connectivity index (χ4v) is 3.87. The van der Waals surface area contributed by atoms with Crippen LogP contribution < -0.4 is 16.0 Å². The van der Waals surface area contributed by atoms with Crippen molar-refractivity contribution in [3.63, 3.8) is 0 Å². The van der Waals surface area contributed by atoms with Gasteiger partial charge in [-0.25, -0.2) is 0 Å². The van der Waals surface area contributed by atoms with Crippen LogP contribution >= 0.6 is 11.6 Å². The third kappa shape index (κ3) is 6.19. The molecule has 0 saturated heterocycles. The first-order chi connectivity index (χ1) is 14.7. The normalized spacial score (nSPS) is 19.0. The number of halogens is 4. The number of amides is 1. The summed E-state index contributed by atoms with van der Waals surface area (Å²) < 4.78 is 39.7. The number of hydrogen-bond donors (Lipinski definition) is 3. The minimum absolute atomic E-state index is 0.00130. The Morgan fingerprint density at radius 2 is 1.94 bits per heavy atom. The number of anilines is 2. The van der Waals surface area contributed by atoms with Crippen molar-refractivity contribution in [2.75, 3.05) is 17.7 Å². The summed E-state index contributed by atoms with van der Waals surface area (Å²) in [4.78, 5) is 25.3. The first-order valence-electron chi connectivity index (χ1n) is 9.96. The van der Waals surface area contributed by atoms with Crippen molar-refractivity contribution in [1.29, 1.82) is 0 Å². The van der Waals surface area contributed by atoms with Crippen LogP contribution in [0.2, 0.25) is 5.02 Å². The van der Waals surface area contributed by atoms with Gasteiger partial charge in [-0.15, -0.1) is 0 Å². The molecule has 11 heteroatoms. The fraction of sp³-hybridized carbons (Fsp3) is 0.500. The van der Waals surface area contributed by atoms with E-state index in [4.69, 9.17) is 11.6 Å². The molecular formula is C20H24ClF3N6O. The van der Waals surface area contributed by atoms with Crippen LogP contribution in [-0.2, 0) is 17.5 Å². The molecule has 1 amide bonds. The number of nitrogens with zero attached hydrogens (tertiary/aromatic N) is 3. The molecule has 2 unspecified atom stereocenters. The van der Waals surface area contributed by atoms with Crippen molar-refractivity contribution in [3.05, 3.63) is 40.2 Å². The third-order valence-electron chi connectivity index (χ3n) is 5.18. The predicted molar refractivity (Wildman–Crippen MR) is 112 cm³/mol. The lowest BCUT2D eigenvalue weighted by atomic mass is 9.85. The van der Waals surface area contributed by atoms with Crippen LogP contribution in [0.4, 0.5) is 25.1 Å². The molecule has 1 saturated carbocycles. The highest BCUT2D eigenvalue weighted by atomic mass is 35.5. The molecule has 0 bridgehead atoms. The number of aromatic nitrogens is 3. The first-order valence-corrected chi connectivity index (χ1v) is 10.3. The molecular weight excluding hydrogens is 433 g/mol. The lowest BCUT2D eigenvalue weighted by Gasteiger charge is -2.29. The summed E-state index contributed by atoms with van der Waals surface area (Å²) in [6, 6.07) is 3.53. The number of carbonyl (C=O) groups excluding carboxylic acids is 1. The fourth-order valence-electron chi connectivity index (χ4n) is 3.69. The number of hydrogen-bond acceptors (Lipinski definition) is 6. The molecule has 3 rings (SSSR count). The maximum Gasteiger partial charge on any atom is 0.416 e. The van der Waals surface area contributed by atoms with Crippen molar-refractivity contribution < 1.29 is 18.0 Å². The van der Waals surface area contributed by atoms with E-state index in [-0.39, 0.29) is 35.0 Å². The maximum atomic E-state index is 13.2. The molecule has 1 heterocycles. The summed E-state index contributed by atoms with van der Waals surface area (Å²) in [5, 5.41) is 8.76. The van der Waals surface area contributed by atoms with E-state index in [9.17, 15) is 18.0 Å². The summed E-state index contributed by atoms with van der Waals surface area (Å²) in [6.45, 7) is 1.55. The van der Waals surface area contributed by atoms with Crippen molar-refractivity contribution in [2.24, 2.45) is 5.92 Å². The molecule has 0 aliphatic heterocycles. The highest BCUT2D eigenvalue weighted by Gasteiger charge is 2.34. The lowest BCUT2D eigenvalue weighted by molar-refractivity contribution is -0.138. The van der Waals surface area contributed by atoms with Gasteiger partial charge in [0.25, 0.3) is 0 Å². The quantitative estimate of drug-likeness (QED) is 0.604. The summed E-state index contributed by atoms with van der Waals surface area (Å²) >= 11 is 5.71. The predicted octanol–water partition coefficient (Wildman–Crippen LogP) is 4.18. The summed E-state index contributed by atoms with van der Waals surface area (Å²) in [5.74, 6) is 0.870. The van der Waals surface area contributed by atoms with Gasteiger partial charge < -0.3 is 16.0 Å². The van der Waals surface area contributed by atoms with Crippen molar-refractivity contribution in [2.45, 2.75) is 51.4 Å². The molecule has 0 radical (unpaired) electrons. The molecule has 168 valence electrons. The van der Waals surface area contributed by atoms with E-state index in [0.29, 0.717) is 30.6 Å². The Kier molecular flexibility index (Phi) is 7.19. The number of rotatable bonds is 6. The average Bonchev–Trinajstić information content (AvgIpc) is 2.71. The van der Waals surface area contributed by atoms with E-state index in [1.54, 1.807) is 14.0 Å². The van der Waals surface area contributed by atoms with Gasteiger partial charge in [-0.3, -0.25) is 4.79 Å². The zero-order valence-electron chi connectivity index (χ0n) is 17.2. The zero-order valence-corrected chi connectivity index (χ0v) is 17.9. The molecule has 7 nitrogen and oxygen atoms in total. The Morgan fingerprint density at radius 3 is 2.65 bits per heavy atom. The van der Waals surface area contributed by atoms with E-state index in [1.807, 2.05) is 0 Å². The number of nitrogens with one attached hydrogen (secondary N) is 3. The Balaban J connectivity index is 1.61. The molecule has 0 spiro atoms. The van der Waals surface area contributed by atoms with Crippen molar-refractivity contribution >= 4 is 29.4 Å². The molecule has 1 aromatic heterocycles. The van der Waals surface area contributed by atoms with E-state index >= 15 is 0 Å². The van der Waals surface area contributed by atoms with Crippen LogP contribution in [-0.4, -0.2) is 33.9 Å². The monoisotopic (exact) mass is 456 g/mol. The van der Waals surface area contributed by atoms with Gasteiger partial charge in [-0.05, 0) is 43.9 Å². The first kappa shape index (κ1) is 23.1. The summed E-state index contributed by atoms with van der Waals surface area (Å²) in [6.07, 6.45) is -1.67. The third-order valence-corrected chi connectivity index (χ3v) is 5.41. The van der Waals surface area contributed by atoms with E-state index < -0.39 is 11.7 Å². The van der Waals surface area contributed by atoms with Gasteiger partial charge in [-0.2, -0.15) is 28.1 Å². The van der Waals surface area contributed by atoms with Crippen molar-refractivity contribution in [3.8, 4) is 0 Å². The molecule has 31 heavy (non-hydrogen) atoms. The maximum absolute atomic E-state index is 13.2. The van der Waals surface area contributed by atoms with Crippen LogP contribution in [0.15, 0.2) is 18.2 Å². The SMILES string of the molecule is CNc1nc(C)nc(NC2CCCC(C(=O)NCc3ccc(Cl)cc3C(F)(F)F)C2)n1. The Labute approximate surface area is 183 Å². The molecule has 1 aromatic carbocycles. The molecule has 2 atom stereocenters. The smallest absolute Gasteiger partial charge is 0.357 e. The van der Waals surface area contributed by atoms with E-state index in [2.05, 4.69) is 30.9 Å². The second-order valence-electron chi connectivity index (χ2n) is 7.50. The van der Waals surface area contributed by atoms with Crippen LogP contribution in [0.5, 0.6) is 0 Å². The molecule has 1 aliphatic carbocycles. The highest BCUT2D eigenvalue weighted by molar-refractivity contribution is 6.30. The van der Waals surface area contributed by atoms with Gasteiger partial charge in [0, 0.05) is 30.6 Å². The molecule has 2 aromatic rings. The molecule has 3 N–H and O–H groups in total. The van der Waals surface area contributed by atoms with Crippen LogP contribution in [0.25, 0.3) is 0 Å².